The van der Waals surface area contributed by atoms with Crippen LogP contribution in [0.15, 0.2) is 24.3 Å². The maximum atomic E-state index is 11.0. The molecule has 0 radical (unpaired) electrons. The van der Waals surface area contributed by atoms with Gasteiger partial charge in [0.2, 0.25) is 0 Å². The SMILES string of the molecule is C=C(C)C(=O)OCCCCCCCC(C)C.C=C(CCCN(C)C)C(=O)O. The Kier molecular flexibility index (Phi) is 18.2. The Hall–Kier alpha value is -1.62. The van der Waals surface area contributed by atoms with Crippen LogP contribution in [0.2, 0.25) is 0 Å². The molecule has 0 aliphatic heterocycles. The lowest BCUT2D eigenvalue weighted by atomic mass is 10.0. The van der Waals surface area contributed by atoms with E-state index in [1.807, 2.05) is 19.0 Å². The molecular formula is C22H41NO4. The van der Waals surface area contributed by atoms with Crippen LogP contribution in [0, 0.1) is 5.92 Å². The zero-order valence-electron chi connectivity index (χ0n) is 18.2. The number of unbranched alkanes of at least 4 members (excludes halogenated alkanes) is 4. The predicted molar refractivity (Wildman–Crippen MR) is 113 cm³/mol. The van der Waals surface area contributed by atoms with E-state index >= 15 is 0 Å². The van der Waals surface area contributed by atoms with Crippen LogP contribution in [-0.4, -0.2) is 49.2 Å². The molecule has 0 fully saturated rings. The van der Waals surface area contributed by atoms with Crippen molar-refractivity contribution in [1.29, 1.82) is 0 Å². The van der Waals surface area contributed by atoms with Gasteiger partial charge in [-0.2, -0.15) is 0 Å². The number of hydrogen-bond donors (Lipinski definition) is 1. The van der Waals surface area contributed by atoms with Gasteiger partial charge in [-0.25, -0.2) is 9.59 Å². The van der Waals surface area contributed by atoms with E-state index < -0.39 is 5.97 Å². The molecule has 0 rings (SSSR count). The monoisotopic (exact) mass is 383 g/mol. The van der Waals surface area contributed by atoms with Gasteiger partial charge in [0.1, 0.15) is 0 Å². The highest BCUT2D eigenvalue weighted by atomic mass is 16.5. The van der Waals surface area contributed by atoms with Crippen LogP contribution in [0.4, 0.5) is 0 Å². The van der Waals surface area contributed by atoms with E-state index in [9.17, 15) is 9.59 Å². The molecule has 0 aliphatic rings. The number of aliphatic carboxylic acids is 1. The molecule has 0 heterocycles. The van der Waals surface area contributed by atoms with E-state index in [-0.39, 0.29) is 5.97 Å². The van der Waals surface area contributed by atoms with Gasteiger partial charge in [0.15, 0.2) is 0 Å². The first-order valence-corrected chi connectivity index (χ1v) is 9.96. The van der Waals surface area contributed by atoms with Crippen molar-refractivity contribution >= 4 is 11.9 Å². The van der Waals surface area contributed by atoms with Gasteiger partial charge in [-0.3, -0.25) is 0 Å². The first kappa shape index (κ1) is 27.6. The van der Waals surface area contributed by atoms with E-state index in [0.717, 1.165) is 31.7 Å². The quantitative estimate of drug-likeness (QED) is 0.258. The van der Waals surface area contributed by atoms with Crippen LogP contribution in [0.5, 0.6) is 0 Å². The predicted octanol–water partition coefficient (Wildman–Crippen LogP) is 5.07. The molecule has 0 amide bonds. The highest BCUT2D eigenvalue weighted by molar-refractivity contribution is 5.86. The average molecular weight is 384 g/mol. The first-order valence-electron chi connectivity index (χ1n) is 9.96. The van der Waals surface area contributed by atoms with E-state index in [0.29, 0.717) is 24.2 Å². The molecule has 1 N–H and O–H groups in total. The minimum atomic E-state index is -0.885. The molecule has 0 unspecified atom stereocenters. The molecule has 158 valence electrons. The fourth-order valence-electron chi connectivity index (χ4n) is 2.19. The largest absolute Gasteiger partial charge is 0.478 e. The molecular weight excluding hydrogens is 342 g/mol. The van der Waals surface area contributed by atoms with Crippen LogP contribution >= 0.6 is 0 Å². The summed E-state index contributed by atoms with van der Waals surface area (Å²) in [7, 11) is 3.92. The van der Waals surface area contributed by atoms with Gasteiger partial charge in [0, 0.05) is 11.1 Å². The van der Waals surface area contributed by atoms with Crippen molar-refractivity contribution in [3.63, 3.8) is 0 Å². The third-order valence-corrected chi connectivity index (χ3v) is 3.89. The second-order valence-electron chi connectivity index (χ2n) is 7.68. The van der Waals surface area contributed by atoms with E-state index in [1.54, 1.807) is 6.92 Å². The van der Waals surface area contributed by atoms with Gasteiger partial charge in [0.05, 0.1) is 6.61 Å². The van der Waals surface area contributed by atoms with Crippen LogP contribution in [0.3, 0.4) is 0 Å². The second-order valence-corrected chi connectivity index (χ2v) is 7.68. The summed E-state index contributed by atoms with van der Waals surface area (Å²) in [5, 5.41) is 8.43. The fourth-order valence-corrected chi connectivity index (χ4v) is 2.19. The number of nitrogens with zero attached hydrogens (tertiary/aromatic N) is 1. The highest BCUT2D eigenvalue weighted by Crippen LogP contribution is 2.10. The number of rotatable bonds is 14. The van der Waals surface area contributed by atoms with E-state index in [4.69, 9.17) is 9.84 Å². The number of carboxylic acid groups (broad SMARTS) is 1. The molecule has 0 aliphatic carbocycles. The zero-order chi connectivity index (χ0) is 21.2. The molecule has 0 saturated heterocycles. The summed E-state index contributed by atoms with van der Waals surface area (Å²) in [5.41, 5.74) is 0.781. The van der Waals surface area contributed by atoms with E-state index in [2.05, 4.69) is 27.0 Å². The average Bonchev–Trinajstić information content (AvgIpc) is 2.56. The maximum Gasteiger partial charge on any atom is 0.333 e. The first-order chi connectivity index (χ1) is 12.6. The lowest BCUT2D eigenvalue weighted by Gasteiger charge is -2.08. The molecule has 5 nitrogen and oxygen atoms in total. The Morgan fingerprint density at radius 3 is 2.04 bits per heavy atom. The number of ether oxygens (including phenoxy) is 1. The lowest BCUT2D eigenvalue weighted by Crippen LogP contribution is -2.13. The van der Waals surface area contributed by atoms with Gasteiger partial charge >= 0.3 is 11.9 Å². The summed E-state index contributed by atoms with van der Waals surface area (Å²) < 4.78 is 5.01. The normalized spacial score (nSPS) is 10.3. The number of esters is 1. The molecule has 5 heteroatoms. The number of carbonyl (C=O) groups is 2. The van der Waals surface area contributed by atoms with Crippen LogP contribution in [0.25, 0.3) is 0 Å². The molecule has 0 aromatic heterocycles. The molecule has 0 saturated carbocycles. The standard InChI is InChI=1S/C14H26O2.C8H15NO2/c1-12(2)10-8-6-5-7-9-11-16-14(15)13(3)4;1-7(8(10)11)5-4-6-9(2)3/h12H,3,5-11H2,1-2,4H3;1,4-6H2,2-3H3,(H,10,11). The van der Waals surface area contributed by atoms with Crippen molar-refractivity contribution in [3.05, 3.63) is 24.3 Å². The van der Waals surface area contributed by atoms with Crippen LogP contribution < -0.4 is 0 Å². The molecule has 0 aromatic carbocycles. The minimum Gasteiger partial charge on any atom is -0.478 e. The Balaban J connectivity index is 0. The van der Waals surface area contributed by atoms with Gasteiger partial charge in [-0.1, -0.05) is 59.1 Å². The zero-order valence-corrected chi connectivity index (χ0v) is 18.2. The van der Waals surface area contributed by atoms with Crippen LogP contribution in [0.1, 0.15) is 72.1 Å². The van der Waals surface area contributed by atoms with Crippen molar-refractivity contribution in [3.8, 4) is 0 Å². The van der Waals surface area contributed by atoms with Crippen molar-refractivity contribution in [1.82, 2.24) is 4.90 Å². The Morgan fingerprint density at radius 1 is 1.00 bits per heavy atom. The molecule has 0 spiro atoms. The number of carboxylic acids is 1. The molecule has 0 aromatic rings. The lowest BCUT2D eigenvalue weighted by molar-refractivity contribution is -0.139. The summed E-state index contributed by atoms with van der Waals surface area (Å²) in [4.78, 5) is 23.3. The maximum absolute atomic E-state index is 11.0. The summed E-state index contributed by atoms with van der Waals surface area (Å²) >= 11 is 0. The van der Waals surface area contributed by atoms with Crippen molar-refractivity contribution < 1.29 is 19.4 Å². The van der Waals surface area contributed by atoms with Gasteiger partial charge < -0.3 is 14.7 Å². The summed E-state index contributed by atoms with van der Waals surface area (Å²) in [5.74, 6) is -0.333. The third kappa shape index (κ3) is 22.3. The third-order valence-electron chi connectivity index (χ3n) is 3.89. The minimum absolute atomic E-state index is 0.264. The Bertz CT molecular complexity index is 442. The van der Waals surface area contributed by atoms with Crippen molar-refractivity contribution in [2.45, 2.75) is 72.1 Å². The summed E-state index contributed by atoms with van der Waals surface area (Å²) in [6.45, 7) is 14.6. The number of carbonyl (C=O) groups excluding carboxylic acids is 1. The highest BCUT2D eigenvalue weighted by Gasteiger charge is 2.03. The van der Waals surface area contributed by atoms with Gasteiger partial charge in [-0.15, -0.1) is 0 Å². The molecule has 27 heavy (non-hydrogen) atoms. The number of hydrogen-bond acceptors (Lipinski definition) is 4. The van der Waals surface area contributed by atoms with Crippen molar-refractivity contribution in [2.75, 3.05) is 27.2 Å². The summed E-state index contributed by atoms with van der Waals surface area (Å²) in [6.07, 6.45) is 8.76. The van der Waals surface area contributed by atoms with E-state index in [1.165, 1.54) is 25.7 Å². The fraction of sp³-hybridized carbons (Fsp3) is 0.727. The van der Waals surface area contributed by atoms with Crippen LogP contribution in [-0.2, 0) is 14.3 Å². The Labute approximate surface area is 166 Å². The van der Waals surface area contributed by atoms with Gasteiger partial charge in [-0.05, 0) is 52.7 Å². The molecule has 0 atom stereocenters. The van der Waals surface area contributed by atoms with Crippen molar-refractivity contribution in [2.24, 2.45) is 5.92 Å². The molecule has 0 bridgehead atoms. The van der Waals surface area contributed by atoms with Gasteiger partial charge in [0.25, 0.3) is 0 Å². The Morgan fingerprint density at radius 2 is 1.56 bits per heavy atom. The summed E-state index contributed by atoms with van der Waals surface area (Å²) in [6, 6.07) is 0. The second kappa shape index (κ2) is 17.8. The smallest absolute Gasteiger partial charge is 0.333 e. The topological polar surface area (TPSA) is 66.8 Å².